The van der Waals surface area contributed by atoms with Gasteiger partial charge in [-0.1, -0.05) is 29.8 Å². The molecule has 1 atom stereocenters. The molecule has 2 rings (SSSR count). The highest BCUT2D eigenvalue weighted by Crippen LogP contribution is 2.54. The number of hydrogen-bond donors (Lipinski definition) is 1. The first-order valence-electron chi connectivity index (χ1n) is 5.55. The second-order valence-corrected chi connectivity index (χ2v) is 5.84. The highest BCUT2D eigenvalue weighted by molar-refractivity contribution is 9.10. The third kappa shape index (κ3) is 1.83. The van der Waals surface area contributed by atoms with Crippen molar-refractivity contribution < 1.29 is 14.6 Å². The van der Waals surface area contributed by atoms with Crippen molar-refractivity contribution in [1.82, 2.24) is 0 Å². The minimum atomic E-state index is -0.499. The molecule has 0 amide bonds. The Hall–Kier alpha value is -0.740. The van der Waals surface area contributed by atoms with Crippen molar-refractivity contribution in [3.63, 3.8) is 0 Å². The van der Waals surface area contributed by atoms with Gasteiger partial charge in [-0.2, -0.15) is 0 Å². The fourth-order valence-corrected chi connectivity index (χ4v) is 3.64. The lowest BCUT2D eigenvalue weighted by Gasteiger charge is -2.21. The first-order valence-corrected chi connectivity index (χ1v) is 6.34. The van der Waals surface area contributed by atoms with Crippen LogP contribution in [0.3, 0.4) is 0 Å². The number of methoxy groups -OCH3 is 2. The number of aliphatic hydroxyl groups is 1. The Bertz CT molecular complexity index is 454. The van der Waals surface area contributed by atoms with E-state index in [1.165, 1.54) is 0 Å². The SMILES string of the molecule is COc1cc(Br)c2c(c1OC)[C@H](O)CC2(C)C. The molecule has 0 radical (unpaired) electrons. The van der Waals surface area contributed by atoms with Gasteiger partial charge in [0.15, 0.2) is 11.5 Å². The van der Waals surface area contributed by atoms with E-state index >= 15 is 0 Å². The average molecular weight is 301 g/mol. The van der Waals surface area contributed by atoms with Gasteiger partial charge in [0.25, 0.3) is 0 Å². The van der Waals surface area contributed by atoms with Crippen molar-refractivity contribution in [1.29, 1.82) is 0 Å². The van der Waals surface area contributed by atoms with Gasteiger partial charge in [-0.3, -0.25) is 0 Å². The maximum Gasteiger partial charge on any atom is 0.166 e. The number of aliphatic hydroxyl groups excluding tert-OH is 1. The van der Waals surface area contributed by atoms with E-state index < -0.39 is 6.10 Å². The first kappa shape index (κ1) is 12.7. The number of benzene rings is 1. The monoisotopic (exact) mass is 300 g/mol. The van der Waals surface area contributed by atoms with E-state index in [4.69, 9.17) is 9.47 Å². The molecule has 1 aliphatic carbocycles. The van der Waals surface area contributed by atoms with Crippen LogP contribution in [0.25, 0.3) is 0 Å². The summed E-state index contributed by atoms with van der Waals surface area (Å²) in [5.41, 5.74) is 1.90. The molecule has 0 saturated carbocycles. The largest absolute Gasteiger partial charge is 0.493 e. The molecule has 0 fully saturated rings. The number of fused-ring (bicyclic) bond motifs is 1. The molecule has 0 unspecified atom stereocenters. The quantitative estimate of drug-likeness (QED) is 0.912. The molecule has 0 saturated heterocycles. The number of rotatable bonds is 2. The van der Waals surface area contributed by atoms with Crippen LogP contribution < -0.4 is 9.47 Å². The van der Waals surface area contributed by atoms with Gasteiger partial charge in [-0.25, -0.2) is 0 Å². The van der Waals surface area contributed by atoms with Gasteiger partial charge >= 0.3 is 0 Å². The van der Waals surface area contributed by atoms with E-state index in [9.17, 15) is 5.11 Å². The molecule has 1 aliphatic rings. The van der Waals surface area contributed by atoms with Gasteiger partial charge in [0.2, 0.25) is 0 Å². The van der Waals surface area contributed by atoms with Gasteiger partial charge in [0, 0.05) is 10.0 Å². The van der Waals surface area contributed by atoms with E-state index in [2.05, 4.69) is 29.8 Å². The molecule has 4 heteroatoms. The van der Waals surface area contributed by atoms with E-state index in [0.29, 0.717) is 17.9 Å². The number of ether oxygens (including phenoxy) is 2. The lowest BCUT2D eigenvalue weighted by molar-refractivity contribution is 0.158. The Morgan fingerprint density at radius 3 is 2.53 bits per heavy atom. The second-order valence-electron chi connectivity index (χ2n) is 4.99. The summed E-state index contributed by atoms with van der Waals surface area (Å²) in [6.45, 7) is 4.25. The summed E-state index contributed by atoms with van der Waals surface area (Å²) in [6, 6.07) is 1.90. The van der Waals surface area contributed by atoms with Crippen molar-refractivity contribution in [2.24, 2.45) is 0 Å². The predicted octanol–water partition coefficient (Wildman–Crippen LogP) is 3.18. The van der Waals surface area contributed by atoms with E-state index in [1.807, 2.05) is 6.07 Å². The predicted molar refractivity (Wildman–Crippen MR) is 69.8 cm³/mol. The lowest BCUT2D eigenvalue weighted by atomic mass is 9.86. The Morgan fingerprint density at radius 2 is 2.00 bits per heavy atom. The molecule has 94 valence electrons. The average Bonchev–Trinajstić information content (AvgIpc) is 2.49. The summed E-state index contributed by atoms with van der Waals surface area (Å²) >= 11 is 3.56. The van der Waals surface area contributed by atoms with Crippen LogP contribution in [-0.2, 0) is 5.41 Å². The van der Waals surface area contributed by atoms with E-state index in [-0.39, 0.29) is 5.41 Å². The summed E-state index contributed by atoms with van der Waals surface area (Å²) in [4.78, 5) is 0. The van der Waals surface area contributed by atoms with Crippen LogP contribution in [0.15, 0.2) is 10.5 Å². The van der Waals surface area contributed by atoms with Gasteiger partial charge < -0.3 is 14.6 Å². The Morgan fingerprint density at radius 1 is 1.35 bits per heavy atom. The third-order valence-corrected chi connectivity index (χ3v) is 4.00. The smallest absolute Gasteiger partial charge is 0.166 e. The Labute approximate surface area is 110 Å². The summed E-state index contributed by atoms with van der Waals surface area (Å²) in [7, 11) is 3.20. The van der Waals surface area contributed by atoms with Crippen LogP contribution in [0.5, 0.6) is 11.5 Å². The molecule has 0 bridgehead atoms. The maximum absolute atomic E-state index is 10.2. The highest BCUT2D eigenvalue weighted by Gasteiger charge is 2.41. The molecule has 1 aromatic rings. The van der Waals surface area contributed by atoms with Crippen LogP contribution in [0.1, 0.15) is 37.5 Å². The van der Waals surface area contributed by atoms with Crippen molar-refractivity contribution in [3.05, 3.63) is 21.7 Å². The fourth-order valence-electron chi connectivity index (χ4n) is 2.68. The normalized spacial score (nSPS) is 21.2. The Balaban J connectivity index is 2.76. The fraction of sp³-hybridized carbons (Fsp3) is 0.538. The summed E-state index contributed by atoms with van der Waals surface area (Å²) in [5, 5.41) is 10.2. The molecule has 1 aromatic carbocycles. The molecule has 0 spiro atoms. The van der Waals surface area contributed by atoms with Crippen molar-refractivity contribution >= 4 is 15.9 Å². The molecule has 17 heavy (non-hydrogen) atoms. The molecule has 0 heterocycles. The molecule has 3 nitrogen and oxygen atoms in total. The summed E-state index contributed by atoms with van der Waals surface area (Å²) in [5.74, 6) is 1.29. The minimum absolute atomic E-state index is 0.0624. The van der Waals surface area contributed by atoms with E-state index in [0.717, 1.165) is 15.6 Å². The lowest BCUT2D eigenvalue weighted by Crippen LogP contribution is -2.13. The summed E-state index contributed by atoms with van der Waals surface area (Å²) < 4.78 is 11.6. The second kappa shape index (κ2) is 4.18. The molecular formula is C13H17BrO3. The van der Waals surface area contributed by atoms with Crippen LogP contribution in [0.2, 0.25) is 0 Å². The first-order chi connectivity index (χ1) is 7.92. The van der Waals surface area contributed by atoms with Crippen LogP contribution in [-0.4, -0.2) is 19.3 Å². The van der Waals surface area contributed by atoms with Crippen LogP contribution in [0.4, 0.5) is 0 Å². The van der Waals surface area contributed by atoms with E-state index in [1.54, 1.807) is 14.2 Å². The zero-order valence-electron chi connectivity index (χ0n) is 10.5. The molecule has 1 N–H and O–H groups in total. The van der Waals surface area contributed by atoms with Crippen molar-refractivity contribution in [3.8, 4) is 11.5 Å². The molecule has 0 aromatic heterocycles. The van der Waals surface area contributed by atoms with Gasteiger partial charge in [0.1, 0.15) is 0 Å². The van der Waals surface area contributed by atoms with Gasteiger partial charge in [-0.15, -0.1) is 0 Å². The number of halogens is 1. The van der Waals surface area contributed by atoms with Gasteiger partial charge in [-0.05, 0) is 23.5 Å². The van der Waals surface area contributed by atoms with Gasteiger partial charge in [0.05, 0.1) is 20.3 Å². The molecular weight excluding hydrogens is 284 g/mol. The standard InChI is InChI=1S/C13H17BrO3/c1-13(2)6-8(15)10-11(13)7(14)5-9(16-3)12(10)17-4/h5,8,15H,6H2,1-4H3/t8-/m1/s1. The highest BCUT2D eigenvalue weighted by atomic mass is 79.9. The number of hydrogen-bond acceptors (Lipinski definition) is 3. The topological polar surface area (TPSA) is 38.7 Å². The van der Waals surface area contributed by atoms with Crippen molar-refractivity contribution in [2.75, 3.05) is 14.2 Å². The third-order valence-electron chi connectivity index (χ3n) is 3.37. The Kier molecular flexibility index (Phi) is 3.12. The van der Waals surface area contributed by atoms with Crippen LogP contribution >= 0.6 is 15.9 Å². The zero-order chi connectivity index (χ0) is 12.8. The molecule has 0 aliphatic heterocycles. The minimum Gasteiger partial charge on any atom is -0.493 e. The maximum atomic E-state index is 10.2. The summed E-state index contributed by atoms with van der Waals surface area (Å²) in [6.07, 6.45) is 0.200. The van der Waals surface area contributed by atoms with Crippen LogP contribution in [0, 0.1) is 0 Å². The zero-order valence-corrected chi connectivity index (χ0v) is 12.1. The van der Waals surface area contributed by atoms with Crippen molar-refractivity contribution in [2.45, 2.75) is 31.8 Å².